The number of hydrogen-bond acceptors (Lipinski definition) is 1. The minimum absolute atomic E-state index is 0.331. The largest absolute Gasteiger partial charge is 0.481 e. The van der Waals surface area contributed by atoms with Crippen LogP contribution in [0.15, 0.2) is 0 Å². The van der Waals surface area contributed by atoms with Crippen LogP contribution in [0.4, 0.5) is 0 Å². The van der Waals surface area contributed by atoms with Crippen molar-refractivity contribution in [2.24, 2.45) is 11.8 Å². The van der Waals surface area contributed by atoms with Crippen molar-refractivity contribution in [2.45, 2.75) is 104 Å². The molecule has 0 rings (SSSR count). The Labute approximate surface area is 132 Å². The summed E-state index contributed by atoms with van der Waals surface area (Å²) >= 11 is 0. The summed E-state index contributed by atoms with van der Waals surface area (Å²) in [6, 6.07) is 0. The normalized spacial score (nSPS) is 14.0. The van der Waals surface area contributed by atoms with E-state index in [2.05, 4.69) is 20.8 Å². The Morgan fingerprint density at radius 3 is 1.62 bits per heavy atom. The lowest BCUT2D eigenvalue weighted by atomic mass is 9.96. The van der Waals surface area contributed by atoms with Gasteiger partial charge in [-0.2, -0.15) is 0 Å². The van der Waals surface area contributed by atoms with Crippen LogP contribution in [-0.4, -0.2) is 11.1 Å². The molecule has 126 valence electrons. The molecule has 2 atom stereocenters. The van der Waals surface area contributed by atoms with Crippen LogP contribution in [0, 0.1) is 11.8 Å². The maximum absolute atomic E-state index is 10.5. The molecule has 2 unspecified atom stereocenters. The molecule has 0 aliphatic carbocycles. The van der Waals surface area contributed by atoms with E-state index in [0.717, 1.165) is 12.3 Å². The monoisotopic (exact) mass is 298 g/mol. The van der Waals surface area contributed by atoms with Gasteiger partial charge in [0, 0.05) is 6.42 Å². The van der Waals surface area contributed by atoms with E-state index in [1.807, 2.05) is 0 Å². The van der Waals surface area contributed by atoms with Crippen LogP contribution in [0.5, 0.6) is 0 Å². The lowest BCUT2D eigenvalue weighted by molar-refractivity contribution is -0.137. The summed E-state index contributed by atoms with van der Waals surface area (Å²) in [7, 11) is 0. The van der Waals surface area contributed by atoms with Gasteiger partial charge in [-0.1, -0.05) is 91.4 Å². The van der Waals surface area contributed by atoms with E-state index in [0.29, 0.717) is 12.3 Å². The van der Waals surface area contributed by atoms with E-state index in [1.165, 1.54) is 70.6 Å². The predicted octanol–water partition coefficient (Wildman–Crippen LogP) is 6.43. The quantitative estimate of drug-likeness (QED) is 0.353. The molecule has 2 heteroatoms. The van der Waals surface area contributed by atoms with Crippen LogP contribution < -0.4 is 0 Å². The topological polar surface area (TPSA) is 37.3 Å². The third-order valence-electron chi connectivity index (χ3n) is 4.53. The van der Waals surface area contributed by atoms with Gasteiger partial charge in [0.25, 0.3) is 0 Å². The van der Waals surface area contributed by atoms with Crippen LogP contribution in [0.2, 0.25) is 0 Å². The number of carboxylic acids is 1. The Hall–Kier alpha value is -0.530. The Bertz CT molecular complexity index is 238. The number of rotatable bonds is 15. The van der Waals surface area contributed by atoms with Crippen molar-refractivity contribution < 1.29 is 9.90 Å². The summed E-state index contributed by atoms with van der Waals surface area (Å²) in [5.74, 6) is 0.832. The Morgan fingerprint density at radius 1 is 0.762 bits per heavy atom. The average molecular weight is 299 g/mol. The first-order valence-corrected chi connectivity index (χ1v) is 9.28. The third kappa shape index (κ3) is 15.7. The van der Waals surface area contributed by atoms with Gasteiger partial charge in [-0.25, -0.2) is 0 Å². The van der Waals surface area contributed by atoms with Gasteiger partial charge in [0.1, 0.15) is 0 Å². The summed E-state index contributed by atoms with van der Waals surface area (Å²) < 4.78 is 0. The maximum Gasteiger partial charge on any atom is 0.303 e. The SMILES string of the molecule is CCCC(C)CCCCCCCCCC(C)CCC(=O)O. The van der Waals surface area contributed by atoms with Crippen molar-refractivity contribution in [3.63, 3.8) is 0 Å². The van der Waals surface area contributed by atoms with Gasteiger partial charge in [0.15, 0.2) is 0 Å². The highest BCUT2D eigenvalue weighted by Crippen LogP contribution is 2.18. The minimum Gasteiger partial charge on any atom is -0.481 e. The molecule has 2 nitrogen and oxygen atoms in total. The van der Waals surface area contributed by atoms with E-state index in [9.17, 15) is 4.79 Å². The fourth-order valence-corrected chi connectivity index (χ4v) is 3.02. The summed E-state index contributed by atoms with van der Waals surface area (Å²) in [4.78, 5) is 10.5. The maximum atomic E-state index is 10.5. The summed E-state index contributed by atoms with van der Waals surface area (Å²) in [5, 5.41) is 8.64. The lowest BCUT2D eigenvalue weighted by Crippen LogP contribution is -2.01. The number of hydrogen-bond donors (Lipinski definition) is 1. The molecule has 1 N–H and O–H groups in total. The summed E-state index contributed by atoms with van der Waals surface area (Å²) in [6.45, 7) is 6.84. The molecule has 0 fully saturated rings. The van der Waals surface area contributed by atoms with Crippen LogP contribution in [0.3, 0.4) is 0 Å². The molecule has 0 aliphatic heterocycles. The van der Waals surface area contributed by atoms with E-state index < -0.39 is 5.97 Å². The second-order valence-corrected chi connectivity index (χ2v) is 6.98. The Balaban J connectivity index is 3.20. The van der Waals surface area contributed by atoms with E-state index in [-0.39, 0.29) is 0 Å². The number of aliphatic carboxylic acids is 1. The van der Waals surface area contributed by atoms with E-state index >= 15 is 0 Å². The van der Waals surface area contributed by atoms with Crippen molar-refractivity contribution in [3.05, 3.63) is 0 Å². The second kappa shape index (κ2) is 14.4. The van der Waals surface area contributed by atoms with Crippen LogP contribution in [-0.2, 0) is 4.79 Å². The standard InChI is InChI=1S/C19H38O2/c1-4-12-17(2)13-10-8-6-5-7-9-11-14-18(3)15-16-19(20)21/h17-18H,4-16H2,1-3H3,(H,20,21). The van der Waals surface area contributed by atoms with Gasteiger partial charge in [-0.15, -0.1) is 0 Å². The molecule has 0 amide bonds. The number of carbonyl (C=O) groups is 1. The van der Waals surface area contributed by atoms with Gasteiger partial charge < -0.3 is 5.11 Å². The zero-order chi connectivity index (χ0) is 15.9. The molecule has 0 aromatic rings. The summed E-state index contributed by atoms with van der Waals surface area (Å²) in [5.41, 5.74) is 0. The van der Waals surface area contributed by atoms with Crippen LogP contribution in [0.1, 0.15) is 104 Å². The smallest absolute Gasteiger partial charge is 0.303 e. The van der Waals surface area contributed by atoms with Crippen LogP contribution >= 0.6 is 0 Å². The van der Waals surface area contributed by atoms with Crippen molar-refractivity contribution in [2.75, 3.05) is 0 Å². The van der Waals surface area contributed by atoms with Gasteiger partial charge in [0.05, 0.1) is 0 Å². The summed E-state index contributed by atoms with van der Waals surface area (Å²) in [6.07, 6.45) is 16.0. The van der Waals surface area contributed by atoms with Crippen molar-refractivity contribution >= 4 is 5.97 Å². The van der Waals surface area contributed by atoms with Gasteiger partial charge in [0.2, 0.25) is 0 Å². The first-order chi connectivity index (χ1) is 10.1. The molecule has 0 spiro atoms. The Kier molecular flexibility index (Phi) is 14.0. The van der Waals surface area contributed by atoms with Crippen molar-refractivity contribution in [1.29, 1.82) is 0 Å². The first-order valence-electron chi connectivity index (χ1n) is 9.28. The van der Waals surface area contributed by atoms with E-state index in [1.54, 1.807) is 0 Å². The highest BCUT2D eigenvalue weighted by Gasteiger charge is 2.05. The Morgan fingerprint density at radius 2 is 1.19 bits per heavy atom. The first kappa shape index (κ1) is 20.5. The van der Waals surface area contributed by atoms with Crippen molar-refractivity contribution in [1.82, 2.24) is 0 Å². The molecule has 21 heavy (non-hydrogen) atoms. The molecular weight excluding hydrogens is 260 g/mol. The van der Waals surface area contributed by atoms with Gasteiger partial charge >= 0.3 is 5.97 Å². The van der Waals surface area contributed by atoms with E-state index in [4.69, 9.17) is 5.11 Å². The predicted molar refractivity (Wildman–Crippen MR) is 91.7 cm³/mol. The zero-order valence-corrected chi connectivity index (χ0v) is 14.7. The molecule has 0 aromatic carbocycles. The molecular formula is C19H38O2. The minimum atomic E-state index is -0.657. The fraction of sp³-hybridized carbons (Fsp3) is 0.947. The fourth-order valence-electron chi connectivity index (χ4n) is 3.02. The molecule has 0 bridgehead atoms. The molecule has 0 radical (unpaired) electrons. The molecule has 0 aliphatic rings. The van der Waals surface area contributed by atoms with Crippen molar-refractivity contribution in [3.8, 4) is 0 Å². The second-order valence-electron chi connectivity index (χ2n) is 6.98. The number of carboxylic acid groups (broad SMARTS) is 1. The molecule has 0 saturated heterocycles. The zero-order valence-electron chi connectivity index (χ0n) is 14.7. The third-order valence-corrected chi connectivity index (χ3v) is 4.53. The average Bonchev–Trinajstić information content (AvgIpc) is 2.43. The molecule has 0 heterocycles. The highest BCUT2D eigenvalue weighted by molar-refractivity contribution is 5.66. The van der Waals surface area contributed by atoms with Gasteiger partial charge in [-0.3, -0.25) is 4.79 Å². The molecule has 0 saturated carbocycles. The van der Waals surface area contributed by atoms with Crippen LogP contribution in [0.25, 0.3) is 0 Å². The lowest BCUT2D eigenvalue weighted by Gasteiger charge is -2.10. The highest BCUT2D eigenvalue weighted by atomic mass is 16.4. The van der Waals surface area contributed by atoms with Gasteiger partial charge in [-0.05, 0) is 18.3 Å². The number of unbranched alkanes of at least 4 members (excludes halogenated alkanes) is 6. The molecule has 0 aromatic heterocycles.